The van der Waals surface area contributed by atoms with E-state index in [4.69, 9.17) is 11.6 Å². The van der Waals surface area contributed by atoms with E-state index >= 15 is 0 Å². The Kier molecular flexibility index (Phi) is 1.67. The number of hydrogen-bond donors (Lipinski definition) is 0. The zero-order valence-electron chi connectivity index (χ0n) is 5.79. The largest absolute Gasteiger partial charge is 0.226 e. The molecule has 2 aromatic rings. The minimum Gasteiger partial charge on any atom is -0.226 e. The van der Waals surface area contributed by atoms with E-state index in [0.29, 0.717) is 5.82 Å². The number of rotatable bonds is 1. The van der Waals surface area contributed by atoms with Crippen LogP contribution in [0.1, 0.15) is 0 Å². The maximum Gasteiger partial charge on any atom is 0.224 e. The topological polar surface area (TPSA) is 69.4 Å². The molecule has 2 heterocycles. The Labute approximate surface area is 72.2 Å². The first kappa shape index (κ1) is 7.11. The van der Waals surface area contributed by atoms with Gasteiger partial charge in [-0.15, -0.1) is 5.10 Å². The van der Waals surface area contributed by atoms with Crippen LogP contribution in [0, 0.1) is 0 Å². The normalized spacial score (nSPS) is 10.1. The van der Waals surface area contributed by atoms with Crippen molar-refractivity contribution in [2.24, 2.45) is 0 Å². The van der Waals surface area contributed by atoms with Gasteiger partial charge in [-0.05, 0) is 22.0 Å². The molecular weight excluding hydrogens is 180 g/mol. The Bertz CT molecular complexity index is 371. The van der Waals surface area contributed by atoms with Crippen molar-refractivity contribution in [1.29, 1.82) is 0 Å². The van der Waals surface area contributed by atoms with Gasteiger partial charge in [-0.3, -0.25) is 0 Å². The highest BCUT2D eigenvalue weighted by Gasteiger charge is 1.99. The van der Waals surface area contributed by atoms with E-state index in [1.807, 2.05) is 0 Å². The highest BCUT2D eigenvalue weighted by Crippen LogP contribution is 2.03. The molecule has 0 unspecified atom stereocenters. The predicted octanol–water partition coefficient (Wildman–Crippen LogP) is 0.106. The van der Waals surface area contributed by atoms with E-state index in [1.165, 1.54) is 17.2 Å². The fourth-order valence-electron chi connectivity index (χ4n) is 0.720. The van der Waals surface area contributed by atoms with Crippen LogP contribution >= 0.6 is 11.6 Å². The third kappa shape index (κ3) is 1.24. The summed E-state index contributed by atoms with van der Waals surface area (Å²) in [5.74, 6) is 0.542. The van der Waals surface area contributed by atoms with Crippen LogP contribution in [0.2, 0.25) is 5.28 Å². The van der Waals surface area contributed by atoms with E-state index in [-0.39, 0.29) is 5.28 Å². The molecule has 0 fully saturated rings. The molecular formula is C5H3ClN6. The molecule has 0 radical (unpaired) electrons. The average Bonchev–Trinajstić information content (AvgIpc) is 2.56. The lowest BCUT2D eigenvalue weighted by Gasteiger charge is -1.95. The Balaban J connectivity index is 2.48. The van der Waals surface area contributed by atoms with E-state index in [9.17, 15) is 0 Å². The summed E-state index contributed by atoms with van der Waals surface area (Å²) in [6.45, 7) is 0. The summed E-state index contributed by atoms with van der Waals surface area (Å²) in [5, 5.41) is 10.7. The van der Waals surface area contributed by atoms with Crippen LogP contribution in [-0.4, -0.2) is 30.2 Å². The van der Waals surface area contributed by atoms with Crippen molar-refractivity contribution in [3.8, 4) is 5.82 Å². The minimum absolute atomic E-state index is 0.169. The number of tetrazole rings is 1. The number of hydrogen-bond acceptors (Lipinski definition) is 5. The van der Waals surface area contributed by atoms with Crippen LogP contribution in [0.5, 0.6) is 0 Å². The zero-order valence-corrected chi connectivity index (χ0v) is 6.55. The summed E-state index contributed by atoms with van der Waals surface area (Å²) in [6, 6.07) is 1.66. The first-order valence-corrected chi connectivity index (χ1v) is 3.46. The lowest BCUT2D eigenvalue weighted by molar-refractivity contribution is 0.768. The average molecular weight is 183 g/mol. The van der Waals surface area contributed by atoms with E-state index in [2.05, 4.69) is 25.5 Å². The van der Waals surface area contributed by atoms with Gasteiger partial charge in [0.25, 0.3) is 0 Å². The molecule has 6 nitrogen and oxygen atoms in total. The summed E-state index contributed by atoms with van der Waals surface area (Å²) in [7, 11) is 0. The van der Waals surface area contributed by atoms with Gasteiger partial charge in [-0.1, -0.05) is 0 Å². The maximum absolute atomic E-state index is 5.56. The van der Waals surface area contributed by atoms with Crippen LogP contribution in [0.25, 0.3) is 5.82 Å². The first-order chi connectivity index (χ1) is 5.86. The number of nitrogens with zero attached hydrogens (tertiary/aromatic N) is 6. The molecule has 0 saturated heterocycles. The standard InChI is InChI=1S/C5H3ClN6/c6-5-7-2-1-4(9-5)12-3-8-10-11-12/h1-3H. The van der Waals surface area contributed by atoms with Crippen LogP contribution in [-0.2, 0) is 0 Å². The molecule has 60 valence electrons. The van der Waals surface area contributed by atoms with Crippen LogP contribution in [0.15, 0.2) is 18.6 Å². The van der Waals surface area contributed by atoms with E-state index < -0.39 is 0 Å². The third-order valence-corrected chi connectivity index (χ3v) is 1.38. The van der Waals surface area contributed by atoms with Gasteiger partial charge in [0, 0.05) is 12.3 Å². The van der Waals surface area contributed by atoms with Gasteiger partial charge in [0.1, 0.15) is 6.33 Å². The molecule has 0 aliphatic rings. The number of aromatic nitrogens is 6. The van der Waals surface area contributed by atoms with Gasteiger partial charge in [-0.2, -0.15) is 9.67 Å². The van der Waals surface area contributed by atoms with Crippen molar-refractivity contribution < 1.29 is 0 Å². The van der Waals surface area contributed by atoms with Gasteiger partial charge < -0.3 is 0 Å². The summed E-state index contributed by atoms with van der Waals surface area (Å²) >= 11 is 5.56. The lowest BCUT2D eigenvalue weighted by Crippen LogP contribution is -1.98. The van der Waals surface area contributed by atoms with Crippen LogP contribution in [0.4, 0.5) is 0 Å². The molecule has 12 heavy (non-hydrogen) atoms. The highest BCUT2D eigenvalue weighted by atomic mass is 35.5. The molecule has 0 amide bonds. The van der Waals surface area contributed by atoms with Gasteiger partial charge >= 0.3 is 0 Å². The Morgan fingerprint density at radius 3 is 3.00 bits per heavy atom. The van der Waals surface area contributed by atoms with Crippen LogP contribution in [0.3, 0.4) is 0 Å². The molecule has 2 rings (SSSR count). The first-order valence-electron chi connectivity index (χ1n) is 3.08. The lowest BCUT2D eigenvalue weighted by atomic mass is 10.6. The molecule has 0 aromatic carbocycles. The number of halogens is 1. The molecule has 0 aliphatic heterocycles. The Hall–Kier alpha value is -1.56. The van der Waals surface area contributed by atoms with Gasteiger partial charge in [0.2, 0.25) is 5.28 Å². The Morgan fingerprint density at radius 2 is 2.33 bits per heavy atom. The maximum atomic E-state index is 5.56. The van der Waals surface area contributed by atoms with Gasteiger partial charge in [-0.25, -0.2) is 4.98 Å². The quantitative estimate of drug-likeness (QED) is 0.586. The summed E-state index contributed by atoms with van der Waals surface area (Å²) in [4.78, 5) is 7.61. The molecule has 0 N–H and O–H groups in total. The van der Waals surface area contributed by atoms with E-state index in [0.717, 1.165) is 0 Å². The fraction of sp³-hybridized carbons (Fsp3) is 0. The second-order valence-corrected chi connectivity index (χ2v) is 2.28. The van der Waals surface area contributed by atoms with Gasteiger partial charge in [0.15, 0.2) is 5.82 Å². The van der Waals surface area contributed by atoms with Crippen molar-refractivity contribution in [2.75, 3.05) is 0 Å². The Morgan fingerprint density at radius 1 is 1.42 bits per heavy atom. The third-order valence-electron chi connectivity index (χ3n) is 1.20. The second kappa shape index (κ2) is 2.82. The molecule has 0 atom stereocenters. The zero-order chi connectivity index (χ0) is 8.39. The van der Waals surface area contributed by atoms with Gasteiger partial charge in [0.05, 0.1) is 0 Å². The van der Waals surface area contributed by atoms with Crippen molar-refractivity contribution in [1.82, 2.24) is 30.2 Å². The van der Waals surface area contributed by atoms with Crippen molar-refractivity contribution in [3.63, 3.8) is 0 Å². The summed E-state index contributed by atoms with van der Waals surface area (Å²) in [6.07, 6.45) is 2.96. The van der Waals surface area contributed by atoms with Crippen molar-refractivity contribution in [3.05, 3.63) is 23.9 Å². The SMILES string of the molecule is Clc1nccc(-n2cnnn2)n1. The second-order valence-electron chi connectivity index (χ2n) is 1.94. The van der Waals surface area contributed by atoms with E-state index in [1.54, 1.807) is 6.07 Å². The predicted molar refractivity (Wildman–Crippen MR) is 39.8 cm³/mol. The monoisotopic (exact) mass is 182 g/mol. The molecule has 0 saturated carbocycles. The molecule has 2 aromatic heterocycles. The molecule has 7 heteroatoms. The van der Waals surface area contributed by atoms with Crippen molar-refractivity contribution >= 4 is 11.6 Å². The van der Waals surface area contributed by atoms with Crippen LogP contribution < -0.4 is 0 Å². The molecule has 0 aliphatic carbocycles. The molecule has 0 spiro atoms. The molecule has 0 bridgehead atoms. The minimum atomic E-state index is 0.169. The summed E-state index contributed by atoms with van der Waals surface area (Å²) in [5.41, 5.74) is 0. The fourth-order valence-corrected chi connectivity index (χ4v) is 0.863. The smallest absolute Gasteiger partial charge is 0.224 e. The highest BCUT2D eigenvalue weighted by molar-refractivity contribution is 6.28. The summed E-state index contributed by atoms with van der Waals surface area (Å²) < 4.78 is 1.40. The van der Waals surface area contributed by atoms with Crippen molar-refractivity contribution in [2.45, 2.75) is 0 Å².